The molecular weight excluding hydrogens is 200 g/mol. The second kappa shape index (κ2) is 4.95. The molecule has 0 aliphatic carbocycles. The Bertz CT molecular complexity index is 312. The normalized spacial score (nSPS) is 9.93. The average Bonchev–Trinajstić information content (AvgIpc) is 2.66. The topological polar surface area (TPSA) is 42.4 Å². The molecule has 5 heteroatoms. The van der Waals surface area contributed by atoms with Gasteiger partial charge in [0.2, 0.25) is 0 Å². The lowest BCUT2D eigenvalue weighted by Crippen LogP contribution is -2.17. The van der Waals surface area contributed by atoms with Gasteiger partial charge in [-0.15, -0.1) is 11.3 Å². The van der Waals surface area contributed by atoms with Crippen molar-refractivity contribution in [3.05, 3.63) is 11.1 Å². The second-order valence-corrected chi connectivity index (χ2v) is 3.77. The summed E-state index contributed by atoms with van der Waals surface area (Å²) in [6.07, 6.45) is 1.06. The molecule has 0 N–H and O–H groups in total. The monoisotopic (exact) mass is 214 g/mol. The minimum Gasteiger partial charge on any atom is -0.464 e. The zero-order chi connectivity index (χ0) is 10.6. The fraction of sp³-hybridized carbons (Fsp3) is 0.556. The third kappa shape index (κ3) is 2.45. The maximum atomic E-state index is 11.1. The lowest BCUT2D eigenvalue weighted by Gasteiger charge is -2.13. The lowest BCUT2D eigenvalue weighted by atomic mass is 10.4. The molecule has 1 aromatic rings. The van der Waals surface area contributed by atoms with E-state index in [2.05, 4.69) is 16.6 Å². The maximum Gasteiger partial charge on any atom is 0.357 e. The van der Waals surface area contributed by atoms with Crippen molar-refractivity contribution >= 4 is 22.4 Å². The molecule has 0 saturated carbocycles. The lowest BCUT2D eigenvalue weighted by molar-refractivity contribution is 0.0595. The van der Waals surface area contributed by atoms with Gasteiger partial charge in [-0.25, -0.2) is 9.78 Å². The van der Waals surface area contributed by atoms with Crippen molar-refractivity contribution in [1.29, 1.82) is 0 Å². The quantitative estimate of drug-likeness (QED) is 0.716. The van der Waals surface area contributed by atoms with Crippen molar-refractivity contribution in [1.82, 2.24) is 4.98 Å². The number of rotatable bonds is 4. The van der Waals surface area contributed by atoms with Crippen LogP contribution in [-0.2, 0) is 4.74 Å². The van der Waals surface area contributed by atoms with Gasteiger partial charge in [0, 0.05) is 19.0 Å². The summed E-state index contributed by atoms with van der Waals surface area (Å²) in [5, 5.41) is 2.57. The fourth-order valence-electron chi connectivity index (χ4n) is 1.07. The Labute approximate surface area is 87.5 Å². The van der Waals surface area contributed by atoms with Crippen LogP contribution in [0.4, 0.5) is 5.13 Å². The van der Waals surface area contributed by atoms with E-state index in [0.717, 1.165) is 18.1 Å². The van der Waals surface area contributed by atoms with Gasteiger partial charge in [-0.1, -0.05) is 6.92 Å². The molecule has 0 atom stereocenters. The average molecular weight is 214 g/mol. The smallest absolute Gasteiger partial charge is 0.357 e. The van der Waals surface area contributed by atoms with Crippen LogP contribution in [0.3, 0.4) is 0 Å². The molecule has 14 heavy (non-hydrogen) atoms. The van der Waals surface area contributed by atoms with Gasteiger partial charge in [0.05, 0.1) is 7.11 Å². The third-order valence-corrected chi connectivity index (χ3v) is 2.73. The summed E-state index contributed by atoms with van der Waals surface area (Å²) in [5.41, 5.74) is 0.385. The van der Waals surface area contributed by atoms with Crippen molar-refractivity contribution in [2.45, 2.75) is 13.3 Å². The summed E-state index contributed by atoms with van der Waals surface area (Å²) < 4.78 is 4.58. The Morgan fingerprint density at radius 3 is 3.00 bits per heavy atom. The van der Waals surface area contributed by atoms with Gasteiger partial charge in [-0.2, -0.15) is 0 Å². The van der Waals surface area contributed by atoms with Crippen LogP contribution < -0.4 is 4.90 Å². The summed E-state index contributed by atoms with van der Waals surface area (Å²) in [4.78, 5) is 17.3. The Hall–Kier alpha value is -1.10. The first-order valence-electron chi connectivity index (χ1n) is 4.44. The van der Waals surface area contributed by atoms with Crippen LogP contribution in [0.25, 0.3) is 0 Å². The number of hydrogen-bond donors (Lipinski definition) is 0. The molecule has 0 aliphatic heterocycles. The number of aromatic nitrogens is 1. The largest absolute Gasteiger partial charge is 0.464 e. The molecular formula is C9H14N2O2S. The SMILES string of the molecule is CCCN(C)c1nc(C(=O)OC)cs1. The van der Waals surface area contributed by atoms with Crippen LogP contribution in [0, 0.1) is 0 Å². The molecule has 0 amide bonds. The number of carbonyl (C=O) groups is 1. The van der Waals surface area contributed by atoms with Crippen LogP contribution in [0.1, 0.15) is 23.8 Å². The van der Waals surface area contributed by atoms with Crippen LogP contribution in [0.15, 0.2) is 5.38 Å². The molecule has 0 radical (unpaired) electrons. The minimum atomic E-state index is -0.377. The van der Waals surface area contributed by atoms with Gasteiger partial charge in [0.25, 0.3) is 0 Å². The molecule has 0 saturated heterocycles. The molecule has 0 bridgehead atoms. The molecule has 4 nitrogen and oxygen atoms in total. The van der Waals surface area contributed by atoms with E-state index in [1.165, 1.54) is 18.4 Å². The van der Waals surface area contributed by atoms with Crippen LogP contribution in [-0.4, -0.2) is 31.7 Å². The molecule has 78 valence electrons. The number of hydrogen-bond acceptors (Lipinski definition) is 5. The first-order valence-corrected chi connectivity index (χ1v) is 5.32. The van der Waals surface area contributed by atoms with E-state index < -0.39 is 0 Å². The number of methoxy groups -OCH3 is 1. The van der Waals surface area contributed by atoms with Gasteiger partial charge in [-0.3, -0.25) is 0 Å². The van der Waals surface area contributed by atoms with E-state index in [-0.39, 0.29) is 5.97 Å². The Balaban J connectivity index is 2.72. The zero-order valence-corrected chi connectivity index (χ0v) is 9.43. The van der Waals surface area contributed by atoms with Crippen molar-refractivity contribution in [2.75, 3.05) is 25.6 Å². The van der Waals surface area contributed by atoms with E-state index >= 15 is 0 Å². The van der Waals surface area contributed by atoms with Gasteiger partial charge < -0.3 is 9.64 Å². The Morgan fingerprint density at radius 2 is 2.43 bits per heavy atom. The van der Waals surface area contributed by atoms with Crippen LogP contribution >= 0.6 is 11.3 Å². The molecule has 0 unspecified atom stereocenters. The fourth-order valence-corrected chi connectivity index (χ4v) is 1.86. The highest BCUT2D eigenvalue weighted by Crippen LogP contribution is 2.19. The second-order valence-electron chi connectivity index (χ2n) is 2.93. The van der Waals surface area contributed by atoms with Crippen molar-refractivity contribution < 1.29 is 9.53 Å². The zero-order valence-electron chi connectivity index (χ0n) is 8.61. The molecule has 1 aromatic heterocycles. The standard InChI is InChI=1S/C9H14N2O2S/c1-4-5-11(2)9-10-7(6-14-9)8(12)13-3/h6H,4-5H2,1-3H3. The number of thiazole rings is 1. The summed E-state index contributed by atoms with van der Waals surface area (Å²) in [7, 11) is 3.32. The molecule has 0 aromatic carbocycles. The molecule has 1 rings (SSSR count). The van der Waals surface area contributed by atoms with Crippen molar-refractivity contribution in [3.63, 3.8) is 0 Å². The van der Waals surface area contributed by atoms with Gasteiger partial charge in [0.1, 0.15) is 0 Å². The highest BCUT2D eigenvalue weighted by molar-refractivity contribution is 7.13. The summed E-state index contributed by atoms with van der Waals surface area (Å²) in [5.74, 6) is -0.377. The third-order valence-electron chi connectivity index (χ3n) is 1.77. The molecule has 0 spiro atoms. The van der Waals surface area contributed by atoms with E-state index in [1.807, 2.05) is 11.9 Å². The van der Waals surface area contributed by atoms with Crippen molar-refractivity contribution in [2.24, 2.45) is 0 Å². The molecule has 1 heterocycles. The maximum absolute atomic E-state index is 11.1. The Morgan fingerprint density at radius 1 is 1.71 bits per heavy atom. The minimum absolute atomic E-state index is 0.377. The van der Waals surface area contributed by atoms with Crippen molar-refractivity contribution in [3.8, 4) is 0 Å². The molecule has 0 fully saturated rings. The number of carbonyl (C=O) groups excluding carboxylic acids is 1. The predicted molar refractivity (Wildman–Crippen MR) is 57.0 cm³/mol. The summed E-state index contributed by atoms with van der Waals surface area (Å²) in [6.45, 7) is 3.04. The Kier molecular flexibility index (Phi) is 3.88. The van der Waals surface area contributed by atoms with E-state index in [9.17, 15) is 4.79 Å². The summed E-state index contributed by atoms with van der Waals surface area (Å²) in [6, 6.07) is 0. The van der Waals surface area contributed by atoms with Crippen LogP contribution in [0.5, 0.6) is 0 Å². The van der Waals surface area contributed by atoms with Gasteiger partial charge in [0.15, 0.2) is 10.8 Å². The number of anilines is 1. The van der Waals surface area contributed by atoms with Gasteiger partial charge >= 0.3 is 5.97 Å². The van der Waals surface area contributed by atoms with E-state index in [0.29, 0.717) is 5.69 Å². The van der Waals surface area contributed by atoms with E-state index in [4.69, 9.17) is 0 Å². The number of ether oxygens (including phenoxy) is 1. The highest BCUT2D eigenvalue weighted by Gasteiger charge is 2.12. The number of esters is 1. The molecule has 0 aliphatic rings. The van der Waals surface area contributed by atoms with E-state index in [1.54, 1.807) is 5.38 Å². The summed E-state index contributed by atoms with van der Waals surface area (Å²) >= 11 is 1.46. The van der Waals surface area contributed by atoms with Crippen LogP contribution in [0.2, 0.25) is 0 Å². The first kappa shape index (κ1) is 11.0. The number of nitrogens with zero attached hydrogens (tertiary/aromatic N) is 2. The van der Waals surface area contributed by atoms with Gasteiger partial charge in [-0.05, 0) is 6.42 Å². The predicted octanol–water partition coefficient (Wildman–Crippen LogP) is 1.78. The highest BCUT2D eigenvalue weighted by atomic mass is 32.1. The first-order chi connectivity index (χ1) is 6.69.